The van der Waals surface area contributed by atoms with Crippen molar-refractivity contribution in [3.05, 3.63) is 0 Å². The molecule has 1 aliphatic heterocycles. The number of nitrogens with zero attached hydrogens (tertiary/aromatic N) is 1. The van der Waals surface area contributed by atoms with E-state index in [-0.39, 0.29) is 5.91 Å². The number of hydrogen-bond donors (Lipinski definition) is 2. The molecule has 1 heterocycles. The summed E-state index contributed by atoms with van der Waals surface area (Å²) in [5.74, 6) is 0.965. The van der Waals surface area contributed by atoms with E-state index in [0.29, 0.717) is 12.6 Å². The van der Waals surface area contributed by atoms with E-state index in [0.717, 1.165) is 32.1 Å². The molecule has 0 unspecified atom stereocenters. The molecule has 2 rings (SSSR count). The van der Waals surface area contributed by atoms with Crippen LogP contribution in [0.4, 0.5) is 0 Å². The fraction of sp³-hybridized carbons (Fsp3) is 0.909. The van der Waals surface area contributed by atoms with Crippen LogP contribution in [0.15, 0.2) is 0 Å². The van der Waals surface area contributed by atoms with Gasteiger partial charge in [-0.05, 0) is 25.7 Å². The van der Waals surface area contributed by atoms with Crippen LogP contribution >= 0.6 is 0 Å². The van der Waals surface area contributed by atoms with Crippen molar-refractivity contribution in [3.8, 4) is 0 Å². The Morgan fingerprint density at radius 3 is 3.00 bits per heavy atom. The first-order valence-corrected chi connectivity index (χ1v) is 5.96. The number of nitrogens with one attached hydrogen (secondary N) is 2. The van der Waals surface area contributed by atoms with Crippen molar-refractivity contribution in [1.29, 1.82) is 0 Å². The highest BCUT2D eigenvalue weighted by Crippen LogP contribution is 2.27. The number of carbonyl (C=O) groups is 1. The van der Waals surface area contributed by atoms with Crippen molar-refractivity contribution in [2.45, 2.75) is 25.8 Å². The Labute approximate surface area is 91.4 Å². The standard InChI is InChI=1S/C11H21N3O/c1-9-7-14(5-4-12-9)8-11(15)13-6-10-2-3-10/h9-10,12H,2-8H2,1H3,(H,13,15)/t9-/m1/s1. The summed E-state index contributed by atoms with van der Waals surface area (Å²) in [4.78, 5) is 13.8. The molecule has 1 saturated heterocycles. The van der Waals surface area contributed by atoms with Gasteiger partial charge in [0.15, 0.2) is 0 Å². The molecule has 0 radical (unpaired) electrons. The SMILES string of the molecule is C[C@@H]1CN(CC(=O)NCC2CC2)CCN1. The van der Waals surface area contributed by atoms with E-state index in [9.17, 15) is 4.79 Å². The Bertz CT molecular complexity index is 228. The molecule has 1 atom stereocenters. The van der Waals surface area contributed by atoms with Gasteiger partial charge in [-0.3, -0.25) is 9.69 Å². The maximum atomic E-state index is 11.6. The predicted octanol–water partition coefficient (Wildman–Crippen LogP) is -0.194. The number of rotatable bonds is 4. The van der Waals surface area contributed by atoms with Crippen LogP contribution in [0, 0.1) is 5.92 Å². The van der Waals surface area contributed by atoms with Crippen LogP contribution in [-0.2, 0) is 4.79 Å². The molecule has 0 aromatic carbocycles. The lowest BCUT2D eigenvalue weighted by Crippen LogP contribution is -2.51. The summed E-state index contributed by atoms with van der Waals surface area (Å²) in [5.41, 5.74) is 0. The minimum Gasteiger partial charge on any atom is -0.355 e. The highest BCUT2D eigenvalue weighted by atomic mass is 16.2. The zero-order chi connectivity index (χ0) is 10.7. The molecule has 4 heteroatoms. The van der Waals surface area contributed by atoms with Crippen LogP contribution in [0.25, 0.3) is 0 Å². The molecule has 15 heavy (non-hydrogen) atoms. The lowest BCUT2D eigenvalue weighted by molar-refractivity contribution is -0.122. The first-order valence-electron chi connectivity index (χ1n) is 5.96. The summed E-state index contributed by atoms with van der Waals surface area (Å²) in [6.07, 6.45) is 2.59. The fourth-order valence-corrected chi connectivity index (χ4v) is 1.99. The van der Waals surface area contributed by atoms with E-state index < -0.39 is 0 Å². The Balaban J connectivity index is 1.63. The van der Waals surface area contributed by atoms with Gasteiger partial charge < -0.3 is 10.6 Å². The van der Waals surface area contributed by atoms with Gasteiger partial charge in [0.05, 0.1) is 6.54 Å². The molecular formula is C11H21N3O. The predicted molar refractivity (Wildman–Crippen MR) is 59.6 cm³/mol. The molecule has 1 aliphatic carbocycles. The molecule has 0 aromatic rings. The van der Waals surface area contributed by atoms with Crippen molar-refractivity contribution in [3.63, 3.8) is 0 Å². The minimum atomic E-state index is 0.191. The third-order valence-corrected chi connectivity index (χ3v) is 3.10. The average molecular weight is 211 g/mol. The van der Waals surface area contributed by atoms with Crippen LogP contribution in [0.2, 0.25) is 0 Å². The summed E-state index contributed by atoms with van der Waals surface area (Å²) in [6, 6.07) is 0.509. The topological polar surface area (TPSA) is 44.4 Å². The van der Waals surface area contributed by atoms with Crippen LogP contribution in [0.3, 0.4) is 0 Å². The van der Waals surface area contributed by atoms with Gasteiger partial charge in [0, 0.05) is 32.2 Å². The van der Waals surface area contributed by atoms with Crippen LogP contribution < -0.4 is 10.6 Å². The van der Waals surface area contributed by atoms with Gasteiger partial charge in [0.2, 0.25) is 5.91 Å². The quantitative estimate of drug-likeness (QED) is 0.677. The highest BCUT2D eigenvalue weighted by molar-refractivity contribution is 5.78. The smallest absolute Gasteiger partial charge is 0.234 e. The molecule has 2 fully saturated rings. The van der Waals surface area contributed by atoms with Crippen molar-refractivity contribution in [2.24, 2.45) is 5.92 Å². The number of amides is 1. The van der Waals surface area contributed by atoms with Gasteiger partial charge in [-0.1, -0.05) is 0 Å². The lowest BCUT2D eigenvalue weighted by Gasteiger charge is -2.31. The maximum absolute atomic E-state index is 11.6. The molecule has 1 saturated carbocycles. The molecule has 0 bridgehead atoms. The van der Waals surface area contributed by atoms with E-state index >= 15 is 0 Å². The summed E-state index contributed by atoms with van der Waals surface area (Å²) in [7, 11) is 0. The molecular weight excluding hydrogens is 190 g/mol. The third-order valence-electron chi connectivity index (χ3n) is 3.10. The first-order chi connectivity index (χ1) is 7.24. The van der Waals surface area contributed by atoms with Crippen molar-refractivity contribution < 1.29 is 4.79 Å². The second kappa shape index (κ2) is 4.94. The Morgan fingerprint density at radius 1 is 1.53 bits per heavy atom. The third kappa shape index (κ3) is 3.80. The van der Waals surface area contributed by atoms with E-state index in [1.807, 2.05) is 0 Å². The van der Waals surface area contributed by atoms with Gasteiger partial charge in [-0.25, -0.2) is 0 Å². The van der Waals surface area contributed by atoms with E-state index in [1.165, 1.54) is 12.8 Å². The van der Waals surface area contributed by atoms with Crippen LogP contribution in [0.1, 0.15) is 19.8 Å². The van der Waals surface area contributed by atoms with Crippen LogP contribution in [-0.4, -0.2) is 49.6 Å². The Morgan fingerprint density at radius 2 is 2.33 bits per heavy atom. The Kier molecular flexibility index (Phi) is 3.59. The molecule has 4 nitrogen and oxygen atoms in total. The van der Waals surface area contributed by atoms with Crippen molar-refractivity contribution in [1.82, 2.24) is 15.5 Å². The minimum absolute atomic E-state index is 0.191. The molecule has 1 amide bonds. The number of carbonyl (C=O) groups excluding carboxylic acids is 1. The largest absolute Gasteiger partial charge is 0.355 e. The molecule has 2 N–H and O–H groups in total. The second-order valence-electron chi connectivity index (χ2n) is 4.84. The van der Waals surface area contributed by atoms with Crippen molar-refractivity contribution in [2.75, 3.05) is 32.7 Å². The van der Waals surface area contributed by atoms with Crippen molar-refractivity contribution >= 4 is 5.91 Å². The zero-order valence-corrected chi connectivity index (χ0v) is 9.46. The lowest BCUT2D eigenvalue weighted by atomic mass is 10.2. The van der Waals surface area contributed by atoms with Gasteiger partial charge >= 0.3 is 0 Å². The average Bonchev–Trinajstić information content (AvgIpc) is 2.98. The maximum Gasteiger partial charge on any atom is 0.234 e. The highest BCUT2D eigenvalue weighted by Gasteiger charge is 2.22. The van der Waals surface area contributed by atoms with Gasteiger partial charge in [-0.2, -0.15) is 0 Å². The zero-order valence-electron chi connectivity index (χ0n) is 9.46. The first kappa shape index (κ1) is 10.9. The summed E-state index contributed by atoms with van der Waals surface area (Å²) < 4.78 is 0. The molecule has 86 valence electrons. The normalized spacial score (nSPS) is 27.7. The number of hydrogen-bond acceptors (Lipinski definition) is 3. The van der Waals surface area contributed by atoms with Crippen LogP contribution in [0.5, 0.6) is 0 Å². The monoisotopic (exact) mass is 211 g/mol. The Hall–Kier alpha value is -0.610. The van der Waals surface area contributed by atoms with E-state index in [4.69, 9.17) is 0 Å². The fourth-order valence-electron chi connectivity index (χ4n) is 1.99. The summed E-state index contributed by atoms with van der Waals surface area (Å²) >= 11 is 0. The van der Waals surface area contributed by atoms with Gasteiger partial charge in [0.25, 0.3) is 0 Å². The molecule has 0 aromatic heterocycles. The molecule has 0 spiro atoms. The number of piperazine rings is 1. The second-order valence-corrected chi connectivity index (χ2v) is 4.84. The van der Waals surface area contributed by atoms with E-state index in [2.05, 4.69) is 22.5 Å². The summed E-state index contributed by atoms with van der Waals surface area (Å²) in [5, 5.41) is 6.38. The summed E-state index contributed by atoms with van der Waals surface area (Å²) in [6.45, 7) is 6.59. The van der Waals surface area contributed by atoms with Gasteiger partial charge in [0.1, 0.15) is 0 Å². The molecule has 2 aliphatic rings. The van der Waals surface area contributed by atoms with Gasteiger partial charge in [-0.15, -0.1) is 0 Å². The van der Waals surface area contributed by atoms with E-state index in [1.54, 1.807) is 0 Å².